The average molecular weight is 964 g/mol. The highest BCUT2D eigenvalue weighted by atomic mass is 16.6. The number of hydrogen-bond acceptors (Lipinski definition) is 6. The van der Waals surface area contributed by atoms with Crippen molar-refractivity contribution in [2.75, 3.05) is 13.2 Å². The monoisotopic (exact) mass is 963 g/mol. The van der Waals surface area contributed by atoms with Crippen molar-refractivity contribution in [2.45, 2.75) is 297 Å². The Morgan fingerprint density at radius 1 is 0.304 bits per heavy atom. The fourth-order valence-corrected chi connectivity index (χ4v) is 8.29. The van der Waals surface area contributed by atoms with Gasteiger partial charge in [-0.15, -0.1) is 0 Å². The Labute approximate surface area is 427 Å². The van der Waals surface area contributed by atoms with E-state index in [-0.39, 0.29) is 31.1 Å². The number of rotatable bonds is 53. The van der Waals surface area contributed by atoms with Gasteiger partial charge in [0, 0.05) is 19.3 Å². The summed E-state index contributed by atoms with van der Waals surface area (Å²) in [6.45, 7) is 6.52. The minimum atomic E-state index is -0.785. The minimum absolute atomic E-state index is 0.0838. The van der Waals surface area contributed by atoms with Crippen molar-refractivity contribution in [1.29, 1.82) is 0 Å². The first kappa shape index (κ1) is 65.8. The van der Waals surface area contributed by atoms with Crippen molar-refractivity contribution in [1.82, 2.24) is 0 Å². The lowest BCUT2D eigenvalue weighted by atomic mass is 10.0. The summed E-state index contributed by atoms with van der Waals surface area (Å²) in [5.74, 6) is -0.899. The fourth-order valence-electron chi connectivity index (χ4n) is 8.29. The summed E-state index contributed by atoms with van der Waals surface area (Å²) in [6.07, 6.45) is 73.2. The topological polar surface area (TPSA) is 78.9 Å². The molecule has 69 heavy (non-hydrogen) atoms. The van der Waals surface area contributed by atoms with Crippen LogP contribution < -0.4 is 0 Å². The molecule has 0 heterocycles. The molecule has 398 valence electrons. The molecule has 1 atom stereocenters. The molecule has 0 amide bonds. The third kappa shape index (κ3) is 55.6. The smallest absolute Gasteiger partial charge is 0.306 e. The summed E-state index contributed by atoms with van der Waals surface area (Å²) >= 11 is 0. The van der Waals surface area contributed by atoms with Gasteiger partial charge in [-0.3, -0.25) is 14.4 Å². The number of carbonyl (C=O) groups is 3. The molecule has 0 N–H and O–H groups in total. The van der Waals surface area contributed by atoms with E-state index in [1.807, 2.05) is 0 Å². The van der Waals surface area contributed by atoms with E-state index in [0.717, 1.165) is 116 Å². The van der Waals surface area contributed by atoms with Gasteiger partial charge >= 0.3 is 17.9 Å². The second kappa shape index (κ2) is 57.4. The van der Waals surface area contributed by atoms with E-state index in [1.54, 1.807) is 0 Å². The molecule has 0 aromatic heterocycles. The molecule has 0 aliphatic rings. The SMILES string of the molecule is CC/C=C\C/C=C\C/C=C\C/C=C\C/C=C\CCCCCCCC(=O)OCC(COC(=O)CCCCCCC/C=C\CCCCCC)OC(=O)CCCCCCCCCCCCCCCCCCC. The lowest BCUT2D eigenvalue weighted by Crippen LogP contribution is -2.30. The number of unbranched alkanes of at least 4 members (excludes halogenated alkanes) is 30. The molecule has 0 fully saturated rings. The largest absolute Gasteiger partial charge is 0.462 e. The van der Waals surface area contributed by atoms with Gasteiger partial charge in [-0.1, -0.05) is 254 Å². The second-order valence-corrected chi connectivity index (χ2v) is 19.5. The molecule has 0 spiro atoms. The molecule has 0 bridgehead atoms. The molecule has 0 aliphatic carbocycles. The summed E-state index contributed by atoms with van der Waals surface area (Å²) in [7, 11) is 0. The third-order valence-corrected chi connectivity index (χ3v) is 12.7. The number of carbonyl (C=O) groups excluding carboxylic acids is 3. The van der Waals surface area contributed by atoms with Gasteiger partial charge in [-0.25, -0.2) is 0 Å². The maximum Gasteiger partial charge on any atom is 0.306 e. The Kier molecular flexibility index (Phi) is 54.8. The molecular weight excluding hydrogens is 853 g/mol. The van der Waals surface area contributed by atoms with E-state index >= 15 is 0 Å². The van der Waals surface area contributed by atoms with Crippen molar-refractivity contribution in [2.24, 2.45) is 0 Å². The van der Waals surface area contributed by atoms with Crippen molar-refractivity contribution >= 4 is 17.9 Å². The molecule has 0 aromatic carbocycles. The zero-order chi connectivity index (χ0) is 50.0. The molecule has 0 aromatic rings. The van der Waals surface area contributed by atoms with E-state index in [0.29, 0.717) is 19.3 Å². The van der Waals surface area contributed by atoms with Crippen LogP contribution in [-0.2, 0) is 28.6 Å². The third-order valence-electron chi connectivity index (χ3n) is 12.7. The molecule has 6 heteroatoms. The number of ether oxygens (including phenoxy) is 3. The van der Waals surface area contributed by atoms with E-state index in [2.05, 4.69) is 93.7 Å². The molecule has 0 saturated carbocycles. The summed E-state index contributed by atoms with van der Waals surface area (Å²) in [6, 6.07) is 0. The maximum atomic E-state index is 12.9. The highest BCUT2D eigenvalue weighted by Gasteiger charge is 2.19. The van der Waals surface area contributed by atoms with E-state index in [9.17, 15) is 14.4 Å². The Morgan fingerprint density at radius 3 is 0.913 bits per heavy atom. The van der Waals surface area contributed by atoms with Crippen LogP contribution in [-0.4, -0.2) is 37.2 Å². The molecule has 0 rings (SSSR count). The van der Waals surface area contributed by atoms with Gasteiger partial charge in [0.2, 0.25) is 0 Å². The van der Waals surface area contributed by atoms with Gasteiger partial charge in [0.05, 0.1) is 0 Å². The second-order valence-electron chi connectivity index (χ2n) is 19.5. The molecule has 1 unspecified atom stereocenters. The van der Waals surface area contributed by atoms with E-state index in [1.165, 1.54) is 135 Å². The van der Waals surface area contributed by atoms with Crippen LogP contribution in [0.15, 0.2) is 72.9 Å². The predicted octanol–water partition coefficient (Wildman–Crippen LogP) is 19.8. The Bertz CT molecular complexity index is 1290. The summed E-state index contributed by atoms with van der Waals surface area (Å²) in [4.78, 5) is 38.2. The zero-order valence-electron chi connectivity index (χ0n) is 45.6. The number of esters is 3. The van der Waals surface area contributed by atoms with Crippen LogP contribution in [0.2, 0.25) is 0 Å². The van der Waals surface area contributed by atoms with Crippen molar-refractivity contribution in [3.05, 3.63) is 72.9 Å². The fraction of sp³-hybridized carbons (Fsp3) is 0.762. The van der Waals surface area contributed by atoms with Crippen LogP contribution >= 0.6 is 0 Å². The van der Waals surface area contributed by atoms with Crippen LogP contribution in [0.25, 0.3) is 0 Å². The van der Waals surface area contributed by atoms with Gasteiger partial charge in [0.25, 0.3) is 0 Å². The van der Waals surface area contributed by atoms with Crippen molar-refractivity contribution < 1.29 is 28.6 Å². The Morgan fingerprint density at radius 2 is 0.565 bits per heavy atom. The van der Waals surface area contributed by atoms with E-state index in [4.69, 9.17) is 14.2 Å². The summed E-state index contributed by atoms with van der Waals surface area (Å²) < 4.78 is 16.9. The highest BCUT2D eigenvalue weighted by molar-refractivity contribution is 5.71. The Balaban J connectivity index is 4.39. The molecule has 6 nitrogen and oxygen atoms in total. The number of hydrogen-bond donors (Lipinski definition) is 0. The first-order valence-corrected chi connectivity index (χ1v) is 29.4. The maximum absolute atomic E-state index is 12.9. The average Bonchev–Trinajstić information content (AvgIpc) is 3.35. The summed E-state index contributed by atoms with van der Waals surface area (Å²) in [5, 5.41) is 0. The van der Waals surface area contributed by atoms with Crippen molar-refractivity contribution in [3.8, 4) is 0 Å². The zero-order valence-corrected chi connectivity index (χ0v) is 45.6. The van der Waals surface area contributed by atoms with Gasteiger partial charge in [0.1, 0.15) is 13.2 Å². The van der Waals surface area contributed by atoms with Gasteiger partial charge in [-0.2, -0.15) is 0 Å². The van der Waals surface area contributed by atoms with Gasteiger partial charge in [0.15, 0.2) is 6.10 Å². The first-order valence-electron chi connectivity index (χ1n) is 29.4. The number of allylic oxidation sites excluding steroid dienone is 12. The van der Waals surface area contributed by atoms with Crippen molar-refractivity contribution in [3.63, 3.8) is 0 Å². The van der Waals surface area contributed by atoms with Crippen LogP contribution in [0.5, 0.6) is 0 Å². The highest BCUT2D eigenvalue weighted by Crippen LogP contribution is 2.16. The van der Waals surface area contributed by atoms with Gasteiger partial charge < -0.3 is 14.2 Å². The van der Waals surface area contributed by atoms with E-state index < -0.39 is 6.10 Å². The summed E-state index contributed by atoms with van der Waals surface area (Å²) in [5.41, 5.74) is 0. The minimum Gasteiger partial charge on any atom is -0.462 e. The van der Waals surface area contributed by atoms with Gasteiger partial charge in [-0.05, 0) is 89.9 Å². The van der Waals surface area contributed by atoms with Crippen LogP contribution in [0.1, 0.15) is 290 Å². The molecule has 0 saturated heterocycles. The quantitative estimate of drug-likeness (QED) is 0.0262. The first-order chi connectivity index (χ1) is 34.0. The standard InChI is InChI=1S/C63H110O6/c1-4-7-10-13-16-19-22-25-27-29-30-31-32-34-35-38-41-44-47-50-53-56-62(65)68-59-60(58-67-61(64)55-52-49-46-43-40-37-24-21-18-15-12-9-6-3)69-63(66)57-54-51-48-45-42-39-36-33-28-26-23-20-17-14-11-8-5-2/h7,10,16,19,21,24-25,27,30-31,34-35,60H,4-6,8-9,11-15,17-18,20,22-23,26,28-29,32-33,36-59H2,1-3H3/b10-7-,19-16-,24-21-,27-25-,31-30-,35-34-. The van der Waals surface area contributed by atoms with Crippen LogP contribution in [0, 0.1) is 0 Å². The Hall–Kier alpha value is -3.15. The predicted molar refractivity (Wildman–Crippen MR) is 298 cm³/mol. The molecule has 0 aliphatic heterocycles. The normalized spacial score (nSPS) is 12.6. The lowest BCUT2D eigenvalue weighted by Gasteiger charge is -2.18. The van der Waals surface area contributed by atoms with Crippen LogP contribution in [0.4, 0.5) is 0 Å². The lowest BCUT2D eigenvalue weighted by molar-refractivity contribution is -0.167. The van der Waals surface area contributed by atoms with Crippen LogP contribution in [0.3, 0.4) is 0 Å². The molecular formula is C63H110O6. The molecule has 0 radical (unpaired) electrons.